The molecule has 0 bridgehead atoms. The Hall–Kier alpha value is -3.59. The molecule has 10 heteroatoms. The van der Waals surface area contributed by atoms with E-state index in [1.54, 1.807) is 83.7 Å². The molecule has 3 aromatic rings. The van der Waals surface area contributed by atoms with Crippen LogP contribution in [0.1, 0.15) is 65.2 Å². The number of hydrogen-bond acceptors (Lipinski definition) is 6. The van der Waals surface area contributed by atoms with Crippen molar-refractivity contribution in [1.29, 1.82) is 0 Å². The van der Waals surface area contributed by atoms with E-state index >= 15 is 0 Å². The number of ether oxygens (including phenoxy) is 1. The Morgan fingerprint density at radius 3 is 2.52 bits per heavy atom. The highest BCUT2D eigenvalue weighted by atomic mass is 35.5. The SMILES string of the molecule is CCOC(=O)C1CCCCN1N1C(=O)c2ccccc2C(C(=O)NCCc2ccc(O)cc2)C1c1ccc(Cl)cc1Cl. The molecule has 42 heavy (non-hydrogen) atoms. The van der Waals surface area contributed by atoms with Gasteiger partial charge in [0.25, 0.3) is 5.91 Å². The van der Waals surface area contributed by atoms with Gasteiger partial charge in [0.1, 0.15) is 11.8 Å². The minimum absolute atomic E-state index is 0.174. The zero-order chi connectivity index (χ0) is 29.8. The first kappa shape index (κ1) is 29.9. The Bertz CT molecular complexity index is 1460. The van der Waals surface area contributed by atoms with Crippen LogP contribution in [0, 0.1) is 0 Å². The summed E-state index contributed by atoms with van der Waals surface area (Å²) in [7, 11) is 0. The van der Waals surface area contributed by atoms with Crippen LogP contribution in [0.15, 0.2) is 66.7 Å². The molecule has 5 rings (SSSR count). The lowest BCUT2D eigenvalue weighted by Gasteiger charge is -2.50. The number of phenols is 1. The van der Waals surface area contributed by atoms with Crippen molar-refractivity contribution in [3.63, 3.8) is 0 Å². The molecule has 0 spiro atoms. The van der Waals surface area contributed by atoms with Gasteiger partial charge in [-0.15, -0.1) is 0 Å². The summed E-state index contributed by atoms with van der Waals surface area (Å²) in [5, 5.41) is 16.7. The summed E-state index contributed by atoms with van der Waals surface area (Å²) in [6, 6.07) is 17.4. The lowest BCUT2D eigenvalue weighted by molar-refractivity contribution is -0.163. The number of piperidine rings is 1. The zero-order valence-corrected chi connectivity index (χ0v) is 24.8. The van der Waals surface area contributed by atoms with Crippen molar-refractivity contribution >= 4 is 41.0 Å². The normalized spacial score (nSPS) is 20.6. The van der Waals surface area contributed by atoms with E-state index in [2.05, 4.69) is 5.32 Å². The van der Waals surface area contributed by atoms with Crippen LogP contribution in [-0.2, 0) is 20.7 Å². The van der Waals surface area contributed by atoms with E-state index in [1.807, 2.05) is 0 Å². The molecule has 2 N–H and O–H groups in total. The van der Waals surface area contributed by atoms with Crippen LogP contribution in [0.2, 0.25) is 10.0 Å². The van der Waals surface area contributed by atoms with Crippen LogP contribution in [0.4, 0.5) is 0 Å². The third kappa shape index (κ3) is 6.11. The Balaban J connectivity index is 1.58. The first-order valence-electron chi connectivity index (χ1n) is 14.2. The summed E-state index contributed by atoms with van der Waals surface area (Å²) in [5.74, 6) is -1.65. The number of hydrazine groups is 1. The summed E-state index contributed by atoms with van der Waals surface area (Å²) >= 11 is 13.0. The molecule has 1 saturated heterocycles. The molecule has 3 atom stereocenters. The number of amides is 2. The average Bonchev–Trinajstić information content (AvgIpc) is 2.98. The number of aromatic hydroxyl groups is 1. The highest BCUT2D eigenvalue weighted by molar-refractivity contribution is 6.35. The van der Waals surface area contributed by atoms with Crippen LogP contribution in [0.25, 0.3) is 0 Å². The lowest BCUT2D eigenvalue weighted by Crippen LogP contribution is -2.61. The number of hydrogen-bond donors (Lipinski definition) is 2. The number of benzene rings is 3. The minimum Gasteiger partial charge on any atom is -0.508 e. The van der Waals surface area contributed by atoms with Gasteiger partial charge < -0.3 is 15.2 Å². The van der Waals surface area contributed by atoms with Crippen molar-refractivity contribution in [3.05, 3.63) is 99.0 Å². The van der Waals surface area contributed by atoms with Crippen LogP contribution < -0.4 is 5.32 Å². The second-order valence-corrected chi connectivity index (χ2v) is 11.3. The predicted octanol–water partition coefficient (Wildman–Crippen LogP) is 5.67. The summed E-state index contributed by atoms with van der Waals surface area (Å²) in [6.07, 6.45) is 2.65. The Kier molecular flexibility index (Phi) is 9.36. The first-order valence-corrected chi connectivity index (χ1v) is 14.9. The molecule has 0 aliphatic carbocycles. The van der Waals surface area contributed by atoms with Gasteiger partial charge in [0.05, 0.1) is 18.6 Å². The van der Waals surface area contributed by atoms with E-state index in [1.165, 1.54) is 0 Å². The molecule has 2 heterocycles. The number of carbonyl (C=O) groups excluding carboxylic acids is 3. The van der Waals surface area contributed by atoms with Crippen molar-refractivity contribution in [3.8, 4) is 5.75 Å². The summed E-state index contributed by atoms with van der Waals surface area (Å²) in [5.41, 5.74) is 2.49. The highest BCUT2D eigenvalue weighted by Gasteiger charge is 2.49. The van der Waals surface area contributed by atoms with Crippen molar-refractivity contribution in [2.75, 3.05) is 19.7 Å². The van der Waals surface area contributed by atoms with Gasteiger partial charge in [-0.25, -0.2) is 5.01 Å². The number of halogens is 2. The van der Waals surface area contributed by atoms with Gasteiger partial charge in [-0.05, 0) is 79.6 Å². The van der Waals surface area contributed by atoms with Gasteiger partial charge in [0.2, 0.25) is 5.91 Å². The van der Waals surface area contributed by atoms with E-state index in [0.717, 1.165) is 18.4 Å². The van der Waals surface area contributed by atoms with Gasteiger partial charge in [-0.1, -0.05) is 59.6 Å². The number of esters is 1. The smallest absolute Gasteiger partial charge is 0.325 e. The molecule has 0 aromatic heterocycles. The fourth-order valence-corrected chi connectivity index (χ4v) is 6.41. The van der Waals surface area contributed by atoms with E-state index in [4.69, 9.17) is 27.9 Å². The molecule has 8 nitrogen and oxygen atoms in total. The predicted molar refractivity (Wildman–Crippen MR) is 160 cm³/mol. The first-order chi connectivity index (χ1) is 20.3. The molecule has 3 unspecified atom stereocenters. The average molecular weight is 611 g/mol. The van der Waals surface area contributed by atoms with Crippen LogP contribution in [0.3, 0.4) is 0 Å². The van der Waals surface area contributed by atoms with Crippen LogP contribution in [0.5, 0.6) is 5.75 Å². The van der Waals surface area contributed by atoms with Gasteiger partial charge in [-0.3, -0.25) is 19.4 Å². The van der Waals surface area contributed by atoms with Crippen molar-refractivity contribution in [2.45, 2.75) is 50.6 Å². The maximum atomic E-state index is 14.3. The molecule has 0 saturated carbocycles. The zero-order valence-electron chi connectivity index (χ0n) is 23.3. The van der Waals surface area contributed by atoms with Gasteiger partial charge >= 0.3 is 5.97 Å². The molecule has 0 radical (unpaired) electrons. The fraction of sp³-hybridized carbons (Fsp3) is 0.344. The van der Waals surface area contributed by atoms with Gasteiger partial charge in [0.15, 0.2) is 0 Å². The lowest BCUT2D eigenvalue weighted by atomic mass is 9.79. The molecule has 220 valence electrons. The number of fused-ring (bicyclic) bond motifs is 1. The fourth-order valence-electron chi connectivity index (χ4n) is 5.89. The maximum Gasteiger partial charge on any atom is 0.325 e. The van der Waals surface area contributed by atoms with E-state index in [9.17, 15) is 19.5 Å². The molecule has 3 aromatic carbocycles. The number of nitrogens with one attached hydrogen (secondary N) is 1. The number of rotatable bonds is 8. The number of nitrogens with zero attached hydrogens (tertiary/aromatic N) is 2. The van der Waals surface area contributed by atoms with Gasteiger partial charge in [0, 0.05) is 28.7 Å². The van der Waals surface area contributed by atoms with Crippen molar-refractivity contribution in [1.82, 2.24) is 15.3 Å². The second kappa shape index (κ2) is 13.2. The Morgan fingerprint density at radius 1 is 1.02 bits per heavy atom. The van der Waals surface area contributed by atoms with E-state index in [-0.39, 0.29) is 24.2 Å². The molecular weight excluding hydrogens is 577 g/mol. The van der Waals surface area contributed by atoms with E-state index in [0.29, 0.717) is 52.7 Å². The third-order valence-electron chi connectivity index (χ3n) is 7.84. The second-order valence-electron chi connectivity index (χ2n) is 10.5. The highest BCUT2D eigenvalue weighted by Crippen LogP contribution is 2.47. The largest absolute Gasteiger partial charge is 0.508 e. The van der Waals surface area contributed by atoms with Crippen LogP contribution in [-0.4, -0.2) is 58.6 Å². The number of phenolic OH excluding ortho intramolecular Hbond substituents is 1. The molecule has 2 aliphatic rings. The summed E-state index contributed by atoms with van der Waals surface area (Å²) < 4.78 is 5.41. The third-order valence-corrected chi connectivity index (χ3v) is 8.40. The Labute approximate surface area is 255 Å². The quantitative estimate of drug-likeness (QED) is 0.319. The molecule has 2 amide bonds. The standard InChI is InChI=1S/C32H33Cl2N3O5/c1-2-42-32(41)27-9-5-6-18-36(27)37-29(25-15-12-21(33)19-26(25)34)28(23-7-3-4-8-24(23)31(37)40)30(39)35-17-16-20-10-13-22(38)14-11-20/h3-4,7-8,10-15,19,27-29,38H,2,5-6,9,16-18H2,1H3,(H,35,39). The minimum atomic E-state index is -0.846. The molecule has 1 fully saturated rings. The van der Waals surface area contributed by atoms with Gasteiger partial charge in [-0.2, -0.15) is 0 Å². The van der Waals surface area contributed by atoms with Crippen molar-refractivity contribution in [2.24, 2.45) is 0 Å². The summed E-state index contributed by atoms with van der Waals surface area (Å²) in [6.45, 7) is 2.75. The van der Waals surface area contributed by atoms with E-state index < -0.39 is 24.0 Å². The van der Waals surface area contributed by atoms with Crippen LogP contribution >= 0.6 is 23.2 Å². The Morgan fingerprint density at radius 2 is 1.79 bits per heavy atom. The molecular formula is C32H33Cl2N3O5. The number of carbonyl (C=O) groups is 3. The van der Waals surface area contributed by atoms with Crippen molar-refractivity contribution < 1.29 is 24.2 Å². The monoisotopic (exact) mass is 609 g/mol. The topological polar surface area (TPSA) is 99.2 Å². The summed E-state index contributed by atoms with van der Waals surface area (Å²) in [4.78, 5) is 41.6. The molecule has 2 aliphatic heterocycles. The maximum absolute atomic E-state index is 14.3.